The van der Waals surface area contributed by atoms with Crippen LogP contribution in [0.1, 0.15) is 22.6 Å². The zero-order valence-electron chi connectivity index (χ0n) is 10.3. The smallest absolute Gasteiger partial charge is 0.151 e. The molecule has 1 aliphatic rings. The van der Waals surface area contributed by atoms with Crippen molar-refractivity contribution in [3.8, 4) is 0 Å². The summed E-state index contributed by atoms with van der Waals surface area (Å²) in [5, 5.41) is 0. The van der Waals surface area contributed by atoms with E-state index in [0.717, 1.165) is 17.6 Å². The van der Waals surface area contributed by atoms with E-state index in [1.165, 1.54) is 0 Å². The molecule has 1 aliphatic heterocycles. The molecule has 1 unspecified atom stereocenters. The van der Waals surface area contributed by atoms with Crippen molar-refractivity contribution in [2.45, 2.75) is 12.8 Å². The third-order valence-electron chi connectivity index (χ3n) is 3.56. The number of carbonyl (C=O) groups is 1. The Balaban J connectivity index is 1.91. The summed E-state index contributed by atoms with van der Waals surface area (Å²) in [4.78, 5) is 15.1. The molecule has 0 amide bonds. The molecule has 2 aromatic rings. The lowest BCUT2D eigenvalue weighted by Crippen LogP contribution is -2.09. The first-order chi connectivity index (χ1) is 9.07. The Labute approximate surface area is 111 Å². The van der Waals surface area contributed by atoms with Gasteiger partial charge in [0, 0.05) is 18.2 Å². The molecule has 1 saturated heterocycles. The van der Waals surface area contributed by atoms with Crippen LogP contribution in [0.2, 0.25) is 0 Å². The summed E-state index contributed by atoms with van der Waals surface area (Å²) in [5.74, 6) is 1.48. The van der Waals surface area contributed by atoms with E-state index in [1.54, 1.807) is 18.5 Å². The molecule has 5 nitrogen and oxygen atoms in total. The highest BCUT2D eigenvalue weighted by Crippen LogP contribution is 2.22. The maximum absolute atomic E-state index is 11.5. The highest BCUT2D eigenvalue weighted by Gasteiger charge is 2.28. The van der Waals surface area contributed by atoms with E-state index in [0.29, 0.717) is 18.4 Å². The van der Waals surface area contributed by atoms with E-state index >= 15 is 0 Å². The molecule has 0 aromatic carbocycles. The minimum Gasteiger partial charge on any atom is -0.303 e. The molecular formula is C13H14N2O3S. The van der Waals surface area contributed by atoms with Gasteiger partial charge in [-0.3, -0.25) is 4.79 Å². The van der Waals surface area contributed by atoms with Crippen molar-refractivity contribution in [1.82, 2.24) is 9.38 Å². The predicted octanol–water partition coefficient (Wildman–Crippen LogP) is 1.12. The van der Waals surface area contributed by atoms with Gasteiger partial charge in [0.05, 0.1) is 23.2 Å². The second-order valence-electron chi connectivity index (χ2n) is 5.02. The van der Waals surface area contributed by atoms with E-state index in [-0.39, 0.29) is 17.4 Å². The van der Waals surface area contributed by atoms with Gasteiger partial charge >= 0.3 is 0 Å². The van der Waals surface area contributed by atoms with Gasteiger partial charge in [0.1, 0.15) is 5.82 Å². The molecule has 0 spiro atoms. The number of hydrogen-bond acceptors (Lipinski definition) is 4. The highest BCUT2D eigenvalue weighted by molar-refractivity contribution is 7.91. The van der Waals surface area contributed by atoms with Crippen LogP contribution in [0.15, 0.2) is 24.5 Å². The zero-order valence-corrected chi connectivity index (χ0v) is 11.1. The third kappa shape index (κ3) is 2.40. The number of fused-ring (bicyclic) bond motifs is 1. The Kier molecular flexibility index (Phi) is 2.89. The minimum atomic E-state index is -2.86. The van der Waals surface area contributed by atoms with Crippen LogP contribution >= 0.6 is 0 Å². The fourth-order valence-corrected chi connectivity index (χ4v) is 4.43. The van der Waals surface area contributed by atoms with Crippen LogP contribution in [0.3, 0.4) is 0 Å². The molecule has 1 atom stereocenters. The lowest BCUT2D eigenvalue weighted by molar-refractivity contribution is 0.112. The average Bonchev–Trinajstić information content (AvgIpc) is 2.93. The minimum absolute atomic E-state index is 0.135. The Hall–Kier alpha value is -1.69. The number of nitrogens with zero attached hydrogens (tertiary/aromatic N) is 2. The van der Waals surface area contributed by atoms with Gasteiger partial charge in [0.25, 0.3) is 0 Å². The van der Waals surface area contributed by atoms with Crippen LogP contribution < -0.4 is 0 Å². The molecule has 3 heterocycles. The fraction of sp³-hybridized carbons (Fsp3) is 0.385. The molecule has 100 valence electrons. The third-order valence-corrected chi connectivity index (χ3v) is 5.40. The summed E-state index contributed by atoms with van der Waals surface area (Å²) >= 11 is 0. The molecular weight excluding hydrogens is 264 g/mol. The molecule has 0 N–H and O–H groups in total. The van der Waals surface area contributed by atoms with Gasteiger partial charge in [-0.2, -0.15) is 0 Å². The van der Waals surface area contributed by atoms with E-state index in [9.17, 15) is 13.2 Å². The van der Waals surface area contributed by atoms with Crippen LogP contribution in [-0.4, -0.2) is 35.6 Å². The fourth-order valence-electron chi connectivity index (χ4n) is 2.57. The maximum Gasteiger partial charge on any atom is 0.151 e. The second-order valence-corrected chi connectivity index (χ2v) is 7.25. The van der Waals surface area contributed by atoms with Gasteiger partial charge in [-0.05, 0) is 24.5 Å². The molecule has 0 bridgehead atoms. The standard InChI is InChI=1S/C13H14N2O3S/c16-8-11-1-2-12-6-14-13(15(12)7-11)5-10-3-4-19(17,18)9-10/h1-2,6-8,10H,3-5,9H2. The molecule has 3 rings (SSSR count). The predicted molar refractivity (Wildman–Crippen MR) is 71.0 cm³/mol. The van der Waals surface area contributed by atoms with Gasteiger partial charge in [0.2, 0.25) is 0 Å². The van der Waals surface area contributed by atoms with Crippen molar-refractivity contribution >= 4 is 21.6 Å². The second kappa shape index (κ2) is 4.45. The van der Waals surface area contributed by atoms with Gasteiger partial charge in [-0.1, -0.05) is 0 Å². The summed E-state index contributed by atoms with van der Waals surface area (Å²) in [7, 11) is -2.86. The number of aldehydes is 1. The lowest BCUT2D eigenvalue weighted by Gasteiger charge is -2.07. The van der Waals surface area contributed by atoms with Crippen LogP contribution in [0.5, 0.6) is 0 Å². The van der Waals surface area contributed by atoms with Crippen molar-refractivity contribution in [1.29, 1.82) is 0 Å². The normalized spacial score (nSPS) is 21.8. The zero-order chi connectivity index (χ0) is 13.5. The summed E-state index contributed by atoms with van der Waals surface area (Å²) in [6.45, 7) is 0. The number of rotatable bonds is 3. The number of aromatic nitrogens is 2. The molecule has 6 heteroatoms. The van der Waals surface area contributed by atoms with Crippen molar-refractivity contribution in [2.75, 3.05) is 11.5 Å². The summed E-state index contributed by atoms with van der Waals surface area (Å²) in [6.07, 6.45) is 5.62. The number of sulfone groups is 1. The van der Waals surface area contributed by atoms with Crippen molar-refractivity contribution in [3.05, 3.63) is 35.9 Å². The van der Waals surface area contributed by atoms with Crippen molar-refractivity contribution in [2.24, 2.45) is 5.92 Å². The molecule has 0 saturated carbocycles. The highest BCUT2D eigenvalue weighted by atomic mass is 32.2. The Morgan fingerprint density at radius 3 is 2.95 bits per heavy atom. The monoisotopic (exact) mass is 278 g/mol. The number of carbonyl (C=O) groups excluding carboxylic acids is 1. The van der Waals surface area contributed by atoms with E-state index < -0.39 is 9.84 Å². The average molecular weight is 278 g/mol. The first kappa shape index (κ1) is 12.3. The maximum atomic E-state index is 11.5. The van der Waals surface area contributed by atoms with Crippen LogP contribution in [-0.2, 0) is 16.3 Å². The Morgan fingerprint density at radius 2 is 2.26 bits per heavy atom. The van der Waals surface area contributed by atoms with Gasteiger partial charge in [-0.15, -0.1) is 0 Å². The molecule has 1 fully saturated rings. The first-order valence-corrected chi connectivity index (χ1v) is 8.01. The van der Waals surface area contributed by atoms with Crippen LogP contribution in [0.4, 0.5) is 0 Å². The van der Waals surface area contributed by atoms with Gasteiger partial charge in [-0.25, -0.2) is 13.4 Å². The van der Waals surface area contributed by atoms with Crippen molar-refractivity contribution in [3.63, 3.8) is 0 Å². The van der Waals surface area contributed by atoms with Crippen LogP contribution in [0.25, 0.3) is 5.52 Å². The lowest BCUT2D eigenvalue weighted by atomic mass is 10.1. The summed E-state index contributed by atoms with van der Waals surface area (Å²) < 4.78 is 24.8. The van der Waals surface area contributed by atoms with Gasteiger partial charge < -0.3 is 4.40 Å². The topological polar surface area (TPSA) is 68.5 Å². The Bertz CT molecular complexity index is 733. The molecule has 2 aromatic heterocycles. The Morgan fingerprint density at radius 1 is 1.42 bits per heavy atom. The first-order valence-electron chi connectivity index (χ1n) is 6.19. The van der Waals surface area contributed by atoms with Crippen LogP contribution in [0, 0.1) is 5.92 Å². The number of hydrogen-bond donors (Lipinski definition) is 0. The number of imidazole rings is 1. The summed E-state index contributed by atoms with van der Waals surface area (Å²) in [5.41, 5.74) is 1.51. The van der Waals surface area contributed by atoms with E-state index in [1.807, 2.05) is 10.5 Å². The quantitative estimate of drug-likeness (QED) is 0.789. The van der Waals surface area contributed by atoms with E-state index in [2.05, 4.69) is 4.98 Å². The largest absolute Gasteiger partial charge is 0.303 e. The van der Waals surface area contributed by atoms with E-state index in [4.69, 9.17) is 0 Å². The molecule has 0 aliphatic carbocycles. The molecule has 0 radical (unpaired) electrons. The molecule has 19 heavy (non-hydrogen) atoms. The SMILES string of the molecule is O=Cc1ccc2cnc(CC3CCS(=O)(=O)C3)n2c1. The van der Waals surface area contributed by atoms with Crippen molar-refractivity contribution < 1.29 is 13.2 Å². The summed E-state index contributed by atoms with van der Waals surface area (Å²) in [6, 6.07) is 3.58. The van der Waals surface area contributed by atoms with Gasteiger partial charge in [0.15, 0.2) is 16.1 Å². The number of pyridine rings is 1.